The number of likely N-dealkylation sites (tertiary alicyclic amines) is 1. The lowest BCUT2D eigenvalue weighted by Gasteiger charge is -2.22. The molecule has 0 radical (unpaired) electrons. The van der Waals surface area contributed by atoms with E-state index in [4.69, 9.17) is 5.11 Å². The Morgan fingerprint density at radius 1 is 1.28 bits per heavy atom. The van der Waals surface area contributed by atoms with E-state index in [1.807, 2.05) is 17.1 Å². The standard InChI is InChI=1S/C19H31NO4S/c21-17(14-15-4-1-2-5-15)9-7-16-8-10-18(22)20(16)11-13-25-12-3-6-19(23)24/h7,9,15-17,21H,1-6,8,10-14H2,(H,23,24)/b9-7+/t16-,17+/m0/s1. The van der Waals surface area contributed by atoms with E-state index in [1.54, 1.807) is 11.8 Å². The van der Waals surface area contributed by atoms with Gasteiger partial charge < -0.3 is 15.1 Å². The third-order valence-electron chi connectivity index (χ3n) is 5.14. The second-order valence-corrected chi connectivity index (χ2v) is 8.37. The van der Waals surface area contributed by atoms with Crippen LogP contribution in [0.25, 0.3) is 0 Å². The number of aliphatic carboxylic acids is 1. The van der Waals surface area contributed by atoms with E-state index in [1.165, 1.54) is 25.7 Å². The molecular weight excluding hydrogens is 338 g/mol. The second kappa shape index (κ2) is 10.9. The van der Waals surface area contributed by atoms with Crippen molar-refractivity contribution in [1.82, 2.24) is 4.90 Å². The van der Waals surface area contributed by atoms with Crippen LogP contribution in [0.15, 0.2) is 12.2 Å². The Labute approximate surface area is 154 Å². The van der Waals surface area contributed by atoms with E-state index < -0.39 is 12.1 Å². The molecule has 0 aromatic rings. The molecule has 2 aliphatic rings. The Kier molecular flexibility index (Phi) is 8.82. The maximum Gasteiger partial charge on any atom is 0.303 e. The normalized spacial score (nSPS) is 23.0. The van der Waals surface area contributed by atoms with Crippen molar-refractivity contribution >= 4 is 23.6 Å². The van der Waals surface area contributed by atoms with Gasteiger partial charge in [0, 0.05) is 25.1 Å². The summed E-state index contributed by atoms with van der Waals surface area (Å²) in [7, 11) is 0. The summed E-state index contributed by atoms with van der Waals surface area (Å²) >= 11 is 1.70. The fourth-order valence-electron chi connectivity index (χ4n) is 3.76. The van der Waals surface area contributed by atoms with E-state index in [9.17, 15) is 14.7 Å². The Hall–Kier alpha value is -1.01. The minimum Gasteiger partial charge on any atom is -0.481 e. The molecule has 25 heavy (non-hydrogen) atoms. The first kappa shape index (κ1) is 20.3. The monoisotopic (exact) mass is 369 g/mol. The molecule has 1 heterocycles. The minimum atomic E-state index is -0.753. The maximum absolute atomic E-state index is 12.1. The molecule has 0 bridgehead atoms. The number of carbonyl (C=O) groups excluding carboxylic acids is 1. The molecule has 0 unspecified atom stereocenters. The molecule has 1 saturated heterocycles. The van der Waals surface area contributed by atoms with Gasteiger partial charge >= 0.3 is 5.97 Å². The third kappa shape index (κ3) is 7.40. The van der Waals surface area contributed by atoms with E-state index in [0.29, 0.717) is 25.3 Å². The molecule has 6 heteroatoms. The number of rotatable bonds is 11. The van der Waals surface area contributed by atoms with Gasteiger partial charge in [-0.15, -0.1) is 0 Å². The first-order chi connectivity index (χ1) is 12.1. The second-order valence-electron chi connectivity index (χ2n) is 7.14. The van der Waals surface area contributed by atoms with E-state index in [0.717, 1.165) is 24.3 Å². The molecule has 2 N–H and O–H groups in total. The smallest absolute Gasteiger partial charge is 0.303 e. The van der Waals surface area contributed by atoms with Gasteiger partial charge in [-0.05, 0) is 30.9 Å². The molecule has 0 spiro atoms. The molecule has 2 atom stereocenters. The predicted octanol–water partition coefficient (Wildman–Crippen LogP) is 3.07. The van der Waals surface area contributed by atoms with Crippen LogP contribution in [-0.2, 0) is 9.59 Å². The lowest BCUT2D eigenvalue weighted by molar-refractivity contribution is -0.137. The van der Waals surface area contributed by atoms with Crippen LogP contribution in [0.2, 0.25) is 0 Å². The summed E-state index contributed by atoms with van der Waals surface area (Å²) < 4.78 is 0. The highest BCUT2D eigenvalue weighted by Crippen LogP contribution is 2.29. The summed E-state index contributed by atoms with van der Waals surface area (Å²) in [6.45, 7) is 0.699. The third-order valence-corrected chi connectivity index (χ3v) is 6.18. The van der Waals surface area contributed by atoms with Crippen LogP contribution in [0.4, 0.5) is 0 Å². The largest absolute Gasteiger partial charge is 0.481 e. The van der Waals surface area contributed by atoms with Gasteiger partial charge in [0.2, 0.25) is 5.91 Å². The van der Waals surface area contributed by atoms with Gasteiger partial charge in [0.05, 0.1) is 12.1 Å². The van der Waals surface area contributed by atoms with Crippen LogP contribution in [0, 0.1) is 5.92 Å². The highest BCUT2D eigenvalue weighted by Gasteiger charge is 2.28. The average molecular weight is 370 g/mol. The van der Waals surface area contributed by atoms with Crippen molar-refractivity contribution in [3.8, 4) is 0 Å². The van der Waals surface area contributed by atoms with E-state index in [-0.39, 0.29) is 18.4 Å². The molecule has 2 rings (SSSR count). The van der Waals surface area contributed by atoms with Crippen molar-refractivity contribution in [2.75, 3.05) is 18.1 Å². The summed E-state index contributed by atoms with van der Waals surface area (Å²) in [5, 5.41) is 18.8. The van der Waals surface area contributed by atoms with Crippen LogP contribution in [0.1, 0.15) is 57.8 Å². The number of carbonyl (C=O) groups is 2. The molecular formula is C19H31NO4S. The fourth-order valence-corrected chi connectivity index (χ4v) is 4.64. The predicted molar refractivity (Wildman–Crippen MR) is 101 cm³/mol. The molecule has 1 saturated carbocycles. The van der Waals surface area contributed by atoms with Gasteiger partial charge in [0.15, 0.2) is 0 Å². The first-order valence-electron chi connectivity index (χ1n) is 9.51. The highest BCUT2D eigenvalue weighted by molar-refractivity contribution is 7.99. The molecule has 1 aliphatic heterocycles. The lowest BCUT2D eigenvalue weighted by atomic mass is 9.99. The van der Waals surface area contributed by atoms with Crippen molar-refractivity contribution in [1.29, 1.82) is 0 Å². The molecule has 2 fully saturated rings. The summed E-state index contributed by atoms with van der Waals surface area (Å²) in [5.74, 6) is 1.74. The van der Waals surface area contributed by atoms with Crippen molar-refractivity contribution < 1.29 is 19.8 Å². The van der Waals surface area contributed by atoms with Gasteiger partial charge in [0.25, 0.3) is 0 Å². The van der Waals surface area contributed by atoms with Gasteiger partial charge in [-0.3, -0.25) is 9.59 Å². The fraction of sp³-hybridized carbons (Fsp3) is 0.789. The Morgan fingerprint density at radius 3 is 2.76 bits per heavy atom. The SMILES string of the molecule is O=C(O)CCCSCCN1C(=O)CC[C@@H]1/C=C/[C@@H](O)CC1CCCC1. The van der Waals surface area contributed by atoms with Crippen molar-refractivity contribution in [2.45, 2.75) is 69.9 Å². The number of carboxylic acids is 1. The molecule has 5 nitrogen and oxygen atoms in total. The zero-order chi connectivity index (χ0) is 18.1. The first-order valence-corrected chi connectivity index (χ1v) is 10.7. The van der Waals surface area contributed by atoms with Crippen LogP contribution in [0.3, 0.4) is 0 Å². The molecule has 0 aromatic heterocycles. The van der Waals surface area contributed by atoms with Gasteiger partial charge in [-0.2, -0.15) is 11.8 Å². The number of aliphatic hydroxyl groups is 1. The Balaban J connectivity index is 1.68. The Morgan fingerprint density at radius 2 is 2.04 bits per heavy atom. The summed E-state index contributed by atoms with van der Waals surface area (Å²) in [6.07, 6.45) is 11.7. The Bertz CT molecular complexity index is 462. The highest BCUT2D eigenvalue weighted by atomic mass is 32.2. The quantitative estimate of drug-likeness (QED) is 0.432. The number of carboxylic acid groups (broad SMARTS) is 1. The zero-order valence-electron chi connectivity index (χ0n) is 14.9. The maximum atomic E-state index is 12.1. The number of hydrogen-bond acceptors (Lipinski definition) is 4. The molecule has 1 aliphatic carbocycles. The average Bonchev–Trinajstić information content (AvgIpc) is 3.19. The number of thioether (sulfide) groups is 1. The van der Waals surface area contributed by atoms with Gasteiger partial charge in [0.1, 0.15) is 0 Å². The van der Waals surface area contributed by atoms with Crippen LogP contribution in [0.5, 0.6) is 0 Å². The topological polar surface area (TPSA) is 77.8 Å². The van der Waals surface area contributed by atoms with Crippen LogP contribution < -0.4 is 0 Å². The minimum absolute atomic E-state index is 0.102. The lowest BCUT2D eigenvalue weighted by Crippen LogP contribution is -2.34. The molecule has 142 valence electrons. The van der Waals surface area contributed by atoms with Crippen molar-refractivity contribution in [3.05, 3.63) is 12.2 Å². The van der Waals surface area contributed by atoms with Crippen molar-refractivity contribution in [3.63, 3.8) is 0 Å². The summed E-state index contributed by atoms with van der Waals surface area (Å²) in [6, 6.07) is 0.102. The van der Waals surface area contributed by atoms with Crippen LogP contribution in [-0.4, -0.2) is 57.2 Å². The zero-order valence-corrected chi connectivity index (χ0v) is 15.8. The van der Waals surface area contributed by atoms with Crippen molar-refractivity contribution in [2.24, 2.45) is 5.92 Å². The van der Waals surface area contributed by atoms with Gasteiger partial charge in [-0.25, -0.2) is 0 Å². The van der Waals surface area contributed by atoms with Gasteiger partial charge in [-0.1, -0.05) is 37.8 Å². The number of amides is 1. The summed E-state index contributed by atoms with van der Waals surface area (Å²) in [4.78, 5) is 24.4. The molecule has 1 amide bonds. The van der Waals surface area contributed by atoms with E-state index in [2.05, 4.69) is 0 Å². The summed E-state index contributed by atoms with van der Waals surface area (Å²) in [5.41, 5.74) is 0. The number of hydrogen-bond donors (Lipinski definition) is 2. The number of aliphatic hydroxyl groups excluding tert-OH is 1. The van der Waals surface area contributed by atoms with E-state index >= 15 is 0 Å². The number of nitrogens with zero attached hydrogens (tertiary/aromatic N) is 1. The van der Waals surface area contributed by atoms with Crippen LogP contribution >= 0.6 is 11.8 Å². The molecule has 0 aromatic carbocycles.